The van der Waals surface area contributed by atoms with E-state index < -0.39 is 10.7 Å². The normalized spacial score (nSPS) is 10.2. The lowest BCUT2D eigenvalue weighted by Gasteiger charge is -2.11. The molecule has 0 saturated heterocycles. The molecule has 0 spiro atoms. The summed E-state index contributed by atoms with van der Waals surface area (Å²) >= 11 is 5.91. The maximum atomic E-state index is 13.7. The van der Waals surface area contributed by atoms with Crippen LogP contribution in [0.25, 0.3) is 0 Å². The Morgan fingerprint density at radius 1 is 1.33 bits per heavy atom. The Kier molecular flexibility index (Phi) is 4.59. The fraction of sp³-hybridized carbons (Fsp3) is 0.143. The summed E-state index contributed by atoms with van der Waals surface area (Å²) in [5.41, 5.74) is 0.582. The van der Waals surface area contributed by atoms with Crippen molar-refractivity contribution in [1.29, 1.82) is 0 Å². The van der Waals surface area contributed by atoms with Crippen LogP contribution >= 0.6 is 11.6 Å². The van der Waals surface area contributed by atoms with E-state index in [4.69, 9.17) is 16.3 Å². The second-order valence-corrected chi connectivity index (χ2v) is 4.67. The summed E-state index contributed by atoms with van der Waals surface area (Å²) in [6.07, 6.45) is 0. The van der Waals surface area contributed by atoms with Crippen molar-refractivity contribution < 1.29 is 14.1 Å². The highest BCUT2D eigenvalue weighted by atomic mass is 35.5. The number of hydrogen-bond acceptors (Lipinski definition) is 4. The molecule has 7 heteroatoms. The van der Waals surface area contributed by atoms with E-state index in [0.29, 0.717) is 10.8 Å². The number of nitro benzene ring substituents is 1. The van der Waals surface area contributed by atoms with Crippen molar-refractivity contribution in [2.75, 3.05) is 12.4 Å². The highest BCUT2D eigenvalue weighted by molar-refractivity contribution is 6.30. The third-order valence-electron chi connectivity index (χ3n) is 2.87. The van der Waals surface area contributed by atoms with Crippen LogP contribution in [0.2, 0.25) is 5.02 Å². The monoisotopic (exact) mass is 310 g/mol. The van der Waals surface area contributed by atoms with E-state index >= 15 is 0 Å². The predicted molar refractivity (Wildman–Crippen MR) is 78.4 cm³/mol. The molecule has 0 aromatic heterocycles. The van der Waals surface area contributed by atoms with Gasteiger partial charge in [0.05, 0.1) is 17.7 Å². The zero-order valence-electron chi connectivity index (χ0n) is 11.1. The number of rotatable bonds is 5. The Morgan fingerprint density at radius 3 is 2.76 bits per heavy atom. The molecule has 0 amide bonds. The largest absolute Gasteiger partial charge is 0.496 e. The molecule has 0 unspecified atom stereocenters. The Balaban J connectivity index is 2.22. The quantitative estimate of drug-likeness (QED) is 0.669. The van der Waals surface area contributed by atoms with Crippen LogP contribution in [0.3, 0.4) is 0 Å². The molecule has 0 aliphatic heterocycles. The number of hydrogen-bond donors (Lipinski definition) is 1. The summed E-state index contributed by atoms with van der Waals surface area (Å²) in [6.45, 7) is 0.224. The van der Waals surface area contributed by atoms with E-state index in [0.717, 1.165) is 23.8 Å². The third kappa shape index (κ3) is 3.61. The zero-order valence-corrected chi connectivity index (χ0v) is 11.9. The van der Waals surface area contributed by atoms with Gasteiger partial charge in [-0.25, -0.2) is 4.39 Å². The number of ether oxygens (including phenoxy) is 1. The van der Waals surface area contributed by atoms with Gasteiger partial charge in [-0.2, -0.15) is 0 Å². The molecular formula is C14H12ClFN2O3. The molecule has 110 valence electrons. The van der Waals surface area contributed by atoms with Gasteiger partial charge in [0, 0.05) is 29.3 Å². The first-order valence-electron chi connectivity index (χ1n) is 6.01. The molecule has 2 rings (SSSR count). The van der Waals surface area contributed by atoms with Crippen molar-refractivity contribution in [2.45, 2.75) is 6.54 Å². The molecular weight excluding hydrogens is 299 g/mol. The van der Waals surface area contributed by atoms with Crippen LogP contribution in [0, 0.1) is 15.9 Å². The van der Waals surface area contributed by atoms with Gasteiger partial charge < -0.3 is 10.1 Å². The summed E-state index contributed by atoms with van der Waals surface area (Å²) in [6, 6.07) is 8.37. The number of methoxy groups -OCH3 is 1. The molecule has 5 nitrogen and oxygen atoms in total. The maximum Gasteiger partial charge on any atom is 0.271 e. The third-order valence-corrected chi connectivity index (χ3v) is 3.11. The van der Waals surface area contributed by atoms with Gasteiger partial charge in [0.15, 0.2) is 0 Å². The lowest BCUT2D eigenvalue weighted by Crippen LogP contribution is -2.04. The van der Waals surface area contributed by atoms with Gasteiger partial charge in [-0.3, -0.25) is 10.1 Å². The molecule has 2 aromatic rings. The second kappa shape index (κ2) is 6.41. The average Bonchev–Trinajstić information content (AvgIpc) is 2.46. The number of nitrogens with zero attached hydrogens (tertiary/aromatic N) is 1. The van der Waals surface area contributed by atoms with E-state index in [1.165, 1.54) is 7.11 Å². The SMILES string of the molecule is COc1ccc(Cl)cc1CNc1cc([N+](=O)[O-])ccc1F. The minimum absolute atomic E-state index is 0.0474. The molecule has 0 fully saturated rings. The molecule has 0 radical (unpaired) electrons. The molecule has 21 heavy (non-hydrogen) atoms. The summed E-state index contributed by atoms with van der Waals surface area (Å²) in [5.74, 6) is 0.0272. The van der Waals surface area contributed by atoms with Crippen molar-refractivity contribution >= 4 is 23.0 Å². The number of benzene rings is 2. The van der Waals surface area contributed by atoms with Gasteiger partial charge in [-0.05, 0) is 24.3 Å². The van der Waals surface area contributed by atoms with Crippen molar-refractivity contribution in [2.24, 2.45) is 0 Å². The van der Waals surface area contributed by atoms with E-state index in [9.17, 15) is 14.5 Å². The summed E-state index contributed by atoms with van der Waals surface area (Å²) < 4.78 is 18.8. The van der Waals surface area contributed by atoms with Crippen LogP contribution in [-0.2, 0) is 6.54 Å². The first-order valence-corrected chi connectivity index (χ1v) is 6.39. The molecule has 0 heterocycles. The fourth-order valence-corrected chi connectivity index (χ4v) is 2.03. The molecule has 0 saturated carbocycles. The number of anilines is 1. The first kappa shape index (κ1) is 15.1. The van der Waals surface area contributed by atoms with Crippen LogP contribution in [-0.4, -0.2) is 12.0 Å². The average molecular weight is 311 g/mol. The van der Waals surface area contributed by atoms with E-state index in [1.54, 1.807) is 18.2 Å². The fourth-order valence-electron chi connectivity index (χ4n) is 1.84. The summed E-state index contributed by atoms with van der Waals surface area (Å²) in [4.78, 5) is 10.1. The highest BCUT2D eigenvalue weighted by Gasteiger charge is 2.11. The Bertz CT molecular complexity index is 679. The van der Waals surface area contributed by atoms with E-state index in [-0.39, 0.29) is 17.9 Å². The Hall–Kier alpha value is -2.34. The topological polar surface area (TPSA) is 64.4 Å². The minimum Gasteiger partial charge on any atom is -0.496 e. The van der Waals surface area contributed by atoms with Gasteiger partial charge in [0.25, 0.3) is 5.69 Å². The van der Waals surface area contributed by atoms with Crippen LogP contribution in [0.4, 0.5) is 15.8 Å². The standard InChI is InChI=1S/C14H12ClFN2O3/c1-21-14-5-2-10(15)6-9(14)8-17-13-7-11(18(19)20)3-4-12(13)16/h2-7,17H,8H2,1H3. The van der Waals surface area contributed by atoms with Crippen molar-refractivity contribution in [3.8, 4) is 5.75 Å². The number of nitrogens with one attached hydrogen (secondary N) is 1. The molecule has 0 aliphatic rings. The van der Waals surface area contributed by atoms with Gasteiger partial charge in [0.2, 0.25) is 0 Å². The van der Waals surface area contributed by atoms with Gasteiger partial charge >= 0.3 is 0 Å². The van der Waals surface area contributed by atoms with Crippen LogP contribution in [0.1, 0.15) is 5.56 Å². The lowest BCUT2D eigenvalue weighted by molar-refractivity contribution is -0.384. The molecule has 1 N–H and O–H groups in total. The zero-order chi connectivity index (χ0) is 15.4. The highest BCUT2D eigenvalue weighted by Crippen LogP contribution is 2.26. The molecule has 0 atom stereocenters. The molecule has 0 bridgehead atoms. The number of halogens is 2. The first-order chi connectivity index (χ1) is 10.0. The number of non-ortho nitro benzene ring substituents is 1. The summed E-state index contributed by atoms with van der Waals surface area (Å²) in [7, 11) is 1.51. The number of nitro groups is 1. The van der Waals surface area contributed by atoms with Crippen molar-refractivity contribution in [1.82, 2.24) is 0 Å². The smallest absolute Gasteiger partial charge is 0.271 e. The minimum atomic E-state index is -0.579. The molecule has 2 aromatic carbocycles. The second-order valence-electron chi connectivity index (χ2n) is 4.23. The van der Waals surface area contributed by atoms with E-state index in [2.05, 4.69) is 5.32 Å². The summed E-state index contributed by atoms with van der Waals surface area (Å²) in [5, 5.41) is 14.0. The van der Waals surface area contributed by atoms with Crippen LogP contribution in [0.15, 0.2) is 36.4 Å². The van der Waals surface area contributed by atoms with Gasteiger partial charge in [-0.1, -0.05) is 11.6 Å². The van der Waals surface area contributed by atoms with Gasteiger partial charge in [0.1, 0.15) is 11.6 Å². The predicted octanol–water partition coefficient (Wildman–Crippen LogP) is 4.01. The van der Waals surface area contributed by atoms with Crippen molar-refractivity contribution in [3.05, 3.63) is 62.9 Å². The van der Waals surface area contributed by atoms with Gasteiger partial charge in [-0.15, -0.1) is 0 Å². The lowest BCUT2D eigenvalue weighted by atomic mass is 10.2. The van der Waals surface area contributed by atoms with Crippen molar-refractivity contribution in [3.63, 3.8) is 0 Å². The Morgan fingerprint density at radius 2 is 2.10 bits per heavy atom. The van der Waals surface area contributed by atoms with Crippen LogP contribution in [0.5, 0.6) is 5.75 Å². The molecule has 0 aliphatic carbocycles. The Labute approximate surface area is 125 Å². The van der Waals surface area contributed by atoms with Crippen LogP contribution < -0.4 is 10.1 Å². The maximum absolute atomic E-state index is 13.7. The van der Waals surface area contributed by atoms with E-state index in [1.807, 2.05) is 0 Å².